The first-order valence-electron chi connectivity index (χ1n) is 10.7. The van der Waals surface area contributed by atoms with Crippen LogP contribution in [-0.4, -0.2) is 20.6 Å². The highest BCUT2D eigenvalue weighted by Crippen LogP contribution is 2.30. The molecule has 4 rings (SSSR count). The van der Waals surface area contributed by atoms with Crippen molar-refractivity contribution in [1.82, 2.24) is 0 Å². The molecule has 0 atom stereocenters. The molecular formula is C27H24N2O3S2. The van der Waals surface area contributed by atoms with Gasteiger partial charge in [-0.25, -0.2) is 8.42 Å². The summed E-state index contributed by atoms with van der Waals surface area (Å²) in [5.74, 6) is -0.379. The number of benzene rings is 4. The van der Waals surface area contributed by atoms with Crippen molar-refractivity contribution in [3.8, 4) is 0 Å². The third-order valence-corrected chi connectivity index (χ3v) is 7.74. The van der Waals surface area contributed by atoms with Crippen molar-refractivity contribution in [1.29, 1.82) is 0 Å². The van der Waals surface area contributed by atoms with Gasteiger partial charge in [-0.2, -0.15) is 0 Å². The van der Waals surface area contributed by atoms with Gasteiger partial charge in [0.1, 0.15) is 0 Å². The van der Waals surface area contributed by atoms with E-state index in [-0.39, 0.29) is 22.9 Å². The van der Waals surface area contributed by atoms with Gasteiger partial charge in [-0.3, -0.25) is 9.10 Å². The Morgan fingerprint density at radius 3 is 2.18 bits per heavy atom. The van der Waals surface area contributed by atoms with Crippen molar-refractivity contribution < 1.29 is 13.2 Å². The largest absolute Gasteiger partial charge is 0.322 e. The molecule has 0 aliphatic rings. The lowest BCUT2D eigenvalue weighted by molar-refractivity contribution is 0.102. The van der Waals surface area contributed by atoms with Crippen molar-refractivity contribution in [3.05, 3.63) is 120 Å². The fraction of sp³-hybridized carbons (Fsp3) is 0.0741. The normalized spacial score (nSPS) is 11.1. The molecule has 4 aromatic rings. The number of para-hydroxylation sites is 1. The standard InChI is InChI=1S/C27H24N2O3S2/c1-33-23-14-10-13-22(19-23)28-27(30)25-17-8-9-18-26(25)29(20-21-11-4-2-5-12-21)34(31,32)24-15-6-3-7-16-24/h2-19H,20H2,1H3,(H,28,30). The number of amides is 1. The summed E-state index contributed by atoms with van der Waals surface area (Å²) in [4.78, 5) is 14.5. The van der Waals surface area contributed by atoms with E-state index in [9.17, 15) is 13.2 Å². The summed E-state index contributed by atoms with van der Waals surface area (Å²) in [5, 5.41) is 2.91. The number of carbonyl (C=O) groups excluding carboxylic acids is 1. The smallest absolute Gasteiger partial charge is 0.264 e. The predicted molar refractivity (Wildman–Crippen MR) is 139 cm³/mol. The van der Waals surface area contributed by atoms with Crippen LogP contribution in [0.5, 0.6) is 0 Å². The van der Waals surface area contributed by atoms with Gasteiger partial charge in [0, 0.05) is 10.6 Å². The fourth-order valence-electron chi connectivity index (χ4n) is 3.55. The van der Waals surface area contributed by atoms with Crippen LogP contribution in [0.4, 0.5) is 11.4 Å². The lowest BCUT2D eigenvalue weighted by Gasteiger charge is -2.26. The van der Waals surface area contributed by atoms with Crippen LogP contribution in [0.25, 0.3) is 0 Å². The second kappa shape index (κ2) is 10.6. The molecule has 0 aliphatic heterocycles. The van der Waals surface area contributed by atoms with E-state index in [2.05, 4.69) is 5.32 Å². The number of nitrogens with zero attached hydrogens (tertiary/aromatic N) is 1. The van der Waals surface area contributed by atoms with Crippen LogP contribution in [-0.2, 0) is 16.6 Å². The quantitative estimate of drug-likeness (QED) is 0.306. The number of thioether (sulfide) groups is 1. The molecule has 0 unspecified atom stereocenters. The van der Waals surface area contributed by atoms with Gasteiger partial charge in [0.05, 0.1) is 22.7 Å². The lowest BCUT2D eigenvalue weighted by atomic mass is 10.1. The van der Waals surface area contributed by atoms with Crippen molar-refractivity contribution in [2.45, 2.75) is 16.3 Å². The van der Waals surface area contributed by atoms with E-state index in [0.29, 0.717) is 11.4 Å². The maximum Gasteiger partial charge on any atom is 0.264 e. The van der Waals surface area contributed by atoms with E-state index < -0.39 is 10.0 Å². The molecule has 0 bridgehead atoms. The molecule has 5 nitrogen and oxygen atoms in total. The first-order chi connectivity index (χ1) is 16.5. The zero-order chi connectivity index (χ0) is 24.0. The molecule has 0 aliphatic carbocycles. The first-order valence-corrected chi connectivity index (χ1v) is 13.3. The zero-order valence-electron chi connectivity index (χ0n) is 18.6. The molecule has 172 valence electrons. The summed E-state index contributed by atoms with van der Waals surface area (Å²) in [6.45, 7) is 0.0876. The number of hydrogen-bond donors (Lipinski definition) is 1. The number of nitrogens with one attached hydrogen (secondary N) is 1. The number of hydrogen-bond acceptors (Lipinski definition) is 4. The highest BCUT2D eigenvalue weighted by Gasteiger charge is 2.28. The van der Waals surface area contributed by atoms with Crippen LogP contribution in [0.1, 0.15) is 15.9 Å². The average molecular weight is 489 g/mol. The van der Waals surface area contributed by atoms with Crippen molar-refractivity contribution in [3.63, 3.8) is 0 Å². The average Bonchev–Trinajstić information content (AvgIpc) is 2.88. The van der Waals surface area contributed by atoms with Gasteiger partial charge in [0.25, 0.3) is 15.9 Å². The Hall–Kier alpha value is -3.55. The number of sulfonamides is 1. The summed E-state index contributed by atoms with van der Waals surface area (Å²) in [6, 6.07) is 31.9. The lowest BCUT2D eigenvalue weighted by Crippen LogP contribution is -2.32. The first kappa shape index (κ1) is 23.6. The Morgan fingerprint density at radius 2 is 1.47 bits per heavy atom. The van der Waals surface area contributed by atoms with Gasteiger partial charge in [-0.05, 0) is 54.3 Å². The Bertz CT molecular complexity index is 1380. The molecule has 0 saturated carbocycles. The number of carbonyl (C=O) groups is 1. The van der Waals surface area contributed by atoms with E-state index in [1.165, 1.54) is 4.31 Å². The minimum atomic E-state index is -3.94. The SMILES string of the molecule is CSc1cccc(NC(=O)c2ccccc2N(Cc2ccccc2)S(=O)(=O)c2ccccc2)c1. The van der Waals surface area contributed by atoms with E-state index >= 15 is 0 Å². The third-order valence-electron chi connectivity index (χ3n) is 5.25. The summed E-state index contributed by atoms with van der Waals surface area (Å²) in [6.07, 6.45) is 1.96. The van der Waals surface area contributed by atoms with Gasteiger partial charge < -0.3 is 5.32 Å². The minimum Gasteiger partial charge on any atom is -0.322 e. The molecule has 1 amide bonds. The van der Waals surface area contributed by atoms with Gasteiger partial charge in [0.15, 0.2) is 0 Å². The van der Waals surface area contributed by atoms with Crippen molar-refractivity contribution in [2.75, 3.05) is 15.9 Å². The summed E-state index contributed by atoms with van der Waals surface area (Å²) in [7, 11) is -3.94. The fourth-order valence-corrected chi connectivity index (χ4v) is 5.50. The summed E-state index contributed by atoms with van der Waals surface area (Å²) < 4.78 is 28.8. The molecule has 4 aromatic carbocycles. The molecule has 0 saturated heterocycles. The second-order valence-electron chi connectivity index (χ2n) is 7.51. The van der Waals surface area contributed by atoms with Crippen LogP contribution in [0.2, 0.25) is 0 Å². The Balaban J connectivity index is 1.77. The van der Waals surface area contributed by atoms with E-state index in [1.54, 1.807) is 66.4 Å². The second-order valence-corrected chi connectivity index (χ2v) is 10.3. The Morgan fingerprint density at radius 1 is 0.824 bits per heavy atom. The molecule has 7 heteroatoms. The maximum atomic E-state index is 13.7. The molecule has 1 N–H and O–H groups in total. The van der Waals surface area contributed by atoms with Gasteiger partial charge in [0.2, 0.25) is 0 Å². The molecule has 0 spiro atoms. The molecule has 0 heterocycles. The van der Waals surface area contributed by atoms with Gasteiger partial charge >= 0.3 is 0 Å². The predicted octanol–water partition coefficient (Wildman–Crippen LogP) is 6.06. The molecule has 0 fully saturated rings. The highest BCUT2D eigenvalue weighted by atomic mass is 32.2. The van der Waals surface area contributed by atoms with Crippen LogP contribution < -0.4 is 9.62 Å². The monoisotopic (exact) mass is 488 g/mol. The summed E-state index contributed by atoms with van der Waals surface area (Å²) >= 11 is 1.58. The van der Waals surface area contributed by atoms with Crippen LogP contribution in [0.15, 0.2) is 119 Å². The van der Waals surface area contributed by atoms with Gasteiger partial charge in [-0.15, -0.1) is 11.8 Å². The molecular weight excluding hydrogens is 464 g/mol. The van der Waals surface area contributed by atoms with Crippen molar-refractivity contribution >= 4 is 39.1 Å². The van der Waals surface area contributed by atoms with E-state index in [4.69, 9.17) is 0 Å². The number of anilines is 2. The highest BCUT2D eigenvalue weighted by molar-refractivity contribution is 7.98. The Kier molecular flexibility index (Phi) is 7.35. The molecule has 0 aromatic heterocycles. The number of rotatable bonds is 8. The van der Waals surface area contributed by atoms with E-state index in [1.807, 2.05) is 60.9 Å². The topological polar surface area (TPSA) is 66.5 Å². The Labute approximate surface area is 204 Å². The zero-order valence-corrected chi connectivity index (χ0v) is 20.2. The minimum absolute atomic E-state index is 0.0876. The maximum absolute atomic E-state index is 13.7. The van der Waals surface area contributed by atoms with Crippen LogP contribution in [0, 0.1) is 0 Å². The van der Waals surface area contributed by atoms with Crippen LogP contribution >= 0.6 is 11.8 Å². The van der Waals surface area contributed by atoms with Crippen LogP contribution in [0.3, 0.4) is 0 Å². The van der Waals surface area contributed by atoms with Crippen molar-refractivity contribution in [2.24, 2.45) is 0 Å². The van der Waals surface area contributed by atoms with E-state index in [0.717, 1.165) is 10.5 Å². The van der Waals surface area contributed by atoms with Gasteiger partial charge in [-0.1, -0.05) is 66.7 Å². The summed E-state index contributed by atoms with van der Waals surface area (Å²) in [5.41, 5.74) is 2.04. The molecule has 0 radical (unpaired) electrons. The molecule has 34 heavy (non-hydrogen) atoms. The third kappa shape index (κ3) is 5.32.